The molecule has 126 valence electrons. The summed E-state index contributed by atoms with van der Waals surface area (Å²) in [6, 6.07) is 5.44. The van der Waals surface area contributed by atoms with Crippen LogP contribution < -0.4 is 0 Å². The highest BCUT2D eigenvalue weighted by Crippen LogP contribution is 2.32. The summed E-state index contributed by atoms with van der Waals surface area (Å²) in [6.07, 6.45) is 2.66. The highest BCUT2D eigenvalue weighted by atomic mass is 32.1. The Morgan fingerprint density at radius 1 is 1.29 bits per heavy atom. The smallest absolute Gasteiger partial charge is 0.254 e. The molecule has 0 aliphatic carbocycles. The fraction of sp³-hybridized carbons (Fsp3) is 0.389. The molecule has 1 aliphatic rings. The number of hydrogen-bond donors (Lipinski definition) is 1. The van der Waals surface area contributed by atoms with Gasteiger partial charge in [0.15, 0.2) is 5.78 Å². The van der Waals surface area contributed by atoms with Gasteiger partial charge in [-0.3, -0.25) is 14.6 Å². The lowest BCUT2D eigenvalue weighted by Gasteiger charge is -2.37. The van der Waals surface area contributed by atoms with E-state index in [0.717, 1.165) is 5.56 Å². The molecule has 3 heterocycles. The van der Waals surface area contributed by atoms with E-state index < -0.39 is 5.60 Å². The minimum Gasteiger partial charge on any atom is -0.383 e. The summed E-state index contributed by atoms with van der Waals surface area (Å²) in [4.78, 5) is 30.6. The largest absolute Gasteiger partial charge is 0.383 e. The van der Waals surface area contributed by atoms with Crippen LogP contribution in [0.2, 0.25) is 0 Å². The first kappa shape index (κ1) is 16.8. The van der Waals surface area contributed by atoms with Gasteiger partial charge in [-0.05, 0) is 44.4 Å². The van der Waals surface area contributed by atoms with Crippen LogP contribution in [0.1, 0.15) is 51.1 Å². The first-order chi connectivity index (χ1) is 11.4. The zero-order valence-electron chi connectivity index (χ0n) is 13.8. The summed E-state index contributed by atoms with van der Waals surface area (Å²) in [7, 11) is 0. The van der Waals surface area contributed by atoms with Crippen molar-refractivity contribution in [2.45, 2.75) is 32.3 Å². The van der Waals surface area contributed by atoms with E-state index >= 15 is 0 Å². The molecular weight excluding hydrogens is 324 g/mol. The maximum Gasteiger partial charge on any atom is 0.254 e. The molecule has 2 aromatic heterocycles. The van der Waals surface area contributed by atoms with E-state index in [1.807, 2.05) is 19.1 Å². The van der Waals surface area contributed by atoms with E-state index in [0.29, 0.717) is 42.1 Å². The van der Waals surface area contributed by atoms with Gasteiger partial charge in [0, 0.05) is 24.7 Å². The highest BCUT2D eigenvalue weighted by molar-refractivity contribution is 7.12. The number of likely N-dealkylation sites (tertiary alicyclic amines) is 1. The number of carbonyl (C=O) groups is 2. The molecule has 24 heavy (non-hydrogen) atoms. The third-order valence-electron chi connectivity index (χ3n) is 4.46. The lowest BCUT2D eigenvalue weighted by Crippen LogP contribution is -2.45. The monoisotopic (exact) mass is 344 g/mol. The van der Waals surface area contributed by atoms with Gasteiger partial charge in [0.1, 0.15) is 5.60 Å². The number of pyridine rings is 1. The average Bonchev–Trinajstić information content (AvgIpc) is 3.06. The van der Waals surface area contributed by atoms with Crippen molar-refractivity contribution in [2.75, 3.05) is 13.1 Å². The van der Waals surface area contributed by atoms with Crippen molar-refractivity contribution in [3.8, 4) is 0 Å². The van der Waals surface area contributed by atoms with Crippen molar-refractivity contribution in [3.63, 3.8) is 0 Å². The van der Waals surface area contributed by atoms with Crippen molar-refractivity contribution < 1.29 is 14.7 Å². The van der Waals surface area contributed by atoms with Crippen molar-refractivity contribution in [3.05, 3.63) is 51.5 Å². The summed E-state index contributed by atoms with van der Waals surface area (Å²) in [5, 5.41) is 12.6. The number of piperidine rings is 1. The SMILES string of the molecule is CC(=O)c1cc(C(=O)N2CCC(O)(c3ccc(C)cn3)CC2)cs1. The molecule has 1 saturated heterocycles. The highest BCUT2D eigenvalue weighted by Gasteiger charge is 2.36. The molecule has 0 unspecified atom stereocenters. The summed E-state index contributed by atoms with van der Waals surface area (Å²) >= 11 is 1.29. The molecule has 1 amide bonds. The molecule has 0 atom stereocenters. The van der Waals surface area contributed by atoms with Gasteiger partial charge in [-0.1, -0.05) is 6.07 Å². The minimum atomic E-state index is -0.982. The van der Waals surface area contributed by atoms with Crippen LogP contribution in [0.25, 0.3) is 0 Å². The van der Waals surface area contributed by atoms with Crippen LogP contribution in [0.5, 0.6) is 0 Å². The number of nitrogens with zero attached hydrogens (tertiary/aromatic N) is 2. The summed E-state index contributed by atoms with van der Waals surface area (Å²) in [5.41, 5.74) is 1.27. The van der Waals surface area contributed by atoms with Gasteiger partial charge in [0.25, 0.3) is 5.91 Å². The number of ketones is 1. The predicted octanol–water partition coefficient (Wildman–Crippen LogP) is 2.78. The number of aromatic nitrogens is 1. The van der Waals surface area contributed by atoms with E-state index in [9.17, 15) is 14.7 Å². The Bertz CT molecular complexity index is 759. The maximum atomic E-state index is 12.6. The summed E-state index contributed by atoms with van der Waals surface area (Å²) in [5.74, 6) is -0.116. The molecule has 1 fully saturated rings. The molecule has 1 aliphatic heterocycles. The van der Waals surface area contributed by atoms with Crippen molar-refractivity contribution in [2.24, 2.45) is 0 Å². The Labute approximate surface area is 145 Å². The minimum absolute atomic E-state index is 0.0301. The van der Waals surface area contributed by atoms with Gasteiger partial charge in [0.2, 0.25) is 0 Å². The number of amides is 1. The van der Waals surface area contributed by atoms with Crippen molar-refractivity contribution in [1.29, 1.82) is 0 Å². The molecule has 3 rings (SSSR count). The number of thiophene rings is 1. The Morgan fingerprint density at radius 2 is 2.00 bits per heavy atom. The van der Waals surface area contributed by atoms with E-state index in [4.69, 9.17) is 0 Å². The predicted molar refractivity (Wildman–Crippen MR) is 92.3 cm³/mol. The third-order valence-corrected chi connectivity index (χ3v) is 5.49. The molecule has 1 N–H and O–H groups in total. The molecule has 2 aromatic rings. The van der Waals surface area contributed by atoms with Crippen LogP contribution >= 0.6 is 11.3 Å². The fourth-order valence-electron chi connectivity index (χ4n) is 2.89. The standard InChI is InChI=1S/C18H20N2O3S/c1-12-3-4-16(19-10-12)18(23)5-7-20(8-6-18)17(22)14-9-15(13(2)21)24-11-14/h3-4,9-11,23H,5-8H2,1-2H3. The van der Waals surface area contributed by atoms with Gasteiger partial charge in [-0.15, -0.1) is 11.3 Å². The number of aliphatic hydroxyl groups is 1. The van der Waals surface area contributed by atoms with Gasteiger partial charge in [-0.25, -0.2) is 0 Å². The fourth-order valence-corrected chi connectivity index (χ4v) is 3.68. The van der Waals surface area contributed by atoms with Crippen molar-refractivity contribution >= 4 is 23.0 Å². The van der Waals surface area contributed by atoms with E-state index in [2.05, 4.69) is 4.98 Å². The van der Waals surface area contributed by atoms with Crippen LogP contribution in [0.15, 0.2) is 29.8 Å². The zero-order valence-corrected chi connectivity index (χ0v) is 14.6. The summed E-state index contributed by atoms with van der Waals surface area (Å²) < 4.78 is 0. The molecular formula is C18H20N2O3S. The topological polar surface area (TPSA) is 70.5 Å². The molecule has 0 radical (unpaired) electrons. The van der Waals surface area contributed by atoms with Crippen LogP contribution in [-0.2, 0) is 5.60 Å². The number of aryl methyl sites for hydroxylation is 1. The quantitative estimate of drug-likeness (QED) is 0.869. The second-order valence-corrected chi connectivity index (χ2v) is 7.21. The lowest BCUT2D eigenvalue weighted by molar-refractivity contribution is -0.0244. The van der Waals surface area contributed by atoms with Gasteiger partial charge >= 0.3 is 0 Å². The molecule has 6 heteroatoms. The average molecular weight is 344 g/mol. The van der Waals surface area contributed by atoms with Gasteiger partial charge in [0.05, 0.1) is 16.1 Å². The van der Waals surface area contributed by atoms with E-state index in [1.165, 1.54) is 18.3 Å². The second-order valence-electron chi connectivity index (χ2n) is 6.30. The van der Waals surface area contributed by atoms with Crippen LogP contribution in [-0.4, -0.2) is 39.8 Å². The Balaban J connectivity index is 1.68. The Hall–Kier alpha value is -2.05. The van der Waals surface area contributed by atoms with Gasteiger partial charge < -0.3 is 10.0 Å². The summed E-state index contributed by atoms with van der Waals surface area (Å²) in [6.45, 7) is 4.39. The van der Waals surface area contributed by atoms with Gasteiger partial charge in [-0.2, -0.15) is 0 Å². The molecule has 0 bridgehead atoms. The van der Waals surface area contributed by atoms with Crippen LogP contribution in [0, 0.1) is 6.92 Å². The van der Waals surface area contributed by atoms with Crippen LogP contribution in [0.3, 0.4) is 0 Å². The normalized spacial score (nSPS) is 16.9. The lowest BCUT2D eigenvalue weighted by atomic mass is 9.87. The first-order valence-corrected chi connectivity index (χ1v) is 8.81. The number of hydrogen-bond acceptors (Lipinski definition) is 5. The first-order valence-electron chi connectivity index (χ1n) is 7.93. The Morgan fingerprint density at radius 3 is 2.54 bits per heavy atom. The second kappa shape index (κ2) is 6.45. The molecule has 0 saturated carbocycles. The number of Topliss-reactive ketones (excluding diaryl/α,β-unsaturated/α-hetero) is 1. The molecule has 0 aromatic carbocycles. The number of rotatable bonds is 3. The molecule has 5 nitrogen and oxygen atoms in total. The number of carbonyl (C=O) groups excluding carboxylic acids is 2. The molecule has 0 spiro atoms. The maximum absolute atomic E-state index is 12.6. The Kier molecular flexibility index (Phi) is 4.51. The van der Waals surface area contributed by atoms with E-state index in [1.54, 1.807) is 22.5 Å². The van der Waals surface area contributed by atoms with Crippen molar-refractivity contribution in [1.82, 2.24) is 9.88 Å². The zero-order chi connectivity index (χ0) is 17.3. The third kappa shape index (κ3) is 3.25. The van der Waals surface area contributed by atoms with Crippen LogP contribution in [0.4, 0.5) is 0 Å². The van der Waals surface area contributed by atoms with E-state index in [-0.39, 0.29) is 11.7 Å².